The highest BCUT2D eigenvalue weighted by Crippen LogP contribution is 2.35. The van der Waals surface area contributed by atoms with E-state index in [0.29, 0.717) is 16.9 Å². The Labute approximate surface area is 182 Å². The van der Waals surface area contributed by atoms with Crippen molar-refractivity contribution in [2.24, 2.45) is 5.92 Å². The number of pyridine rings is 1. The van der Waals surface area contributed by atoms with E-state index >= 15 is 0 Å². The third-order valence-electron chi connectivity index (χ3n) is 5.68. The third kappa shape index (κ3) is 5.11. The first-order valence-electron chi connectivity index (χ1n) is 9.93. The van der Waals surface area contributed by atoms with E-state index < -0.39 is 0 Å². The van der Waals surface area contributed by atoms with Crippen LogP contribution in [0.1, 0.15) is 17.0 Å². The van der Waals surface area contributed by atoms with Gasteiger partial charge in [-0.25, -0.2) is 4.98 Å². The summed E-state index contributed by atoms with van der Waals surface area (Å²) in [6.07, 6.45) is 1.71. The molecule has 29 heavy (non-hydrogen) atoms. The van der Waals surface area contributed by atoms with E-state index in [1.54, 1.807) is 6.20 Å². The van der Waals surface area contributed by atoms with E-state index in [0.717, 1.165) is 37.0 Å². The standard InChI is InChI=1S/C24H25Cl2N3/c1-28(24-12-11-22(26)13-27-24)15-20-16-29(14-18-5-3-2-4-6-18)17-23(20)19-7-9-21(25)10-8-19/h2-13,20,23H,14-17H2,1H3/t20-,23+/m0/s1. The van der Waals surface area contributed by atoms with Gasteiger partial charge < -0.3 is 4.90 Å². The largest absolute Gasteiger partial charge is 0.359 e. The lowest BCUT2D eigenvalue weighted by Crippen LogP contribution is -2.30. The highest BCUT2D eigenvalue weighted by Gasteiger charge is 2.34. The van der Waals surface area contributed by atoms with Crippen molar-refractivity contribution in [3.05, 3.63) is 94.1 Å². The number of aromatic nitrogens is 1. The molecule has 0 aliphatic carbocycles. The number of hydrogen-bond acceptors (Lipinski definition) is 3. The second-order valence-corrected chi connectivity index (χ2v) is 8.69. The molecule has 3 aromatic rings. The quantitative estimate of drug-likeness (QED) is 0.501. The second-order valence-electron chi connectivity index (χ2n) is 7.81. The smallest absolute Gasteiger partial charge is 0.128 e. The van der Waals surface area contributed by atoms with Gasteiger partial charge in [-0.3, -0.25) is 4.90 Å². The minimum atomic E-state index is 0.464. The molecule has 4 rings (SSSR count). The van der Waals surface area contributed by atoms with Crippen molar-refractivity contribution in [3.8, 4) is 0 Å². The molecule has 1 saturated heterocycles. The number of anilines is 1. The molecule has 0 radical (unpaired) electrons. The second kappa shape index (κ2) is 9.17. The summed E-state index contributed by atoms with van der Waals surface area (Å²) in [6, 6.07) is 22.9. The SMILES string of the molecule is CN(C[C@H]1CN(Cc2ccccc2)C[C@@H]1c1ccc(Cl)cc1)c1ccc(Cl)cn1. The molecule has 0 amide bonds. The maximum Gasteiger partial charge on any atom is 0.128 e. The molecule has 0 unspecified atom stereocenters. The van der Waals surface area contributed by atoms with Gasteiger partial charge in [0, 0.05) is 50.4 Å². The van der Waals surface area contributed by atoms with Crippen LogP contribution < -0.4 is 4.90 Å². The molecule has 3 nitrogen and oxygen atoms in total. The van der Waals surface area contributed by atoms with Gasteiger partial charge in [0.2, 0.25) is 0 Å². The summed E-state index contributed by atoms with van der Waals surface area (Å²) in [6.45, 7) is 4.01. The van der Waals surface area contributed by atoms with Gasteiger partial charge in [-0.2, -0.15) is 0 Å². The summed E-state index contributed by atoms with van der Waals surface area (Å²) < 4.78 is 0. The van der Waals surface area contributed by atoms with Crippen molar-refractivity contribution in [2.75, 3.05) is 31.6 Å². The van der Waals surface area contributed by atoms with Crippen molar-refractivity contribution in [2.45, 2.75) is 12.5 Å². The average molecular weight is 426 g/mol. The van der Waals surface area contributed by atoms with Crippen LogP contribution in [0.15, 0.2) is 72.9 Å². The molecule has 1 aliphatic heterocycles. The van der Waals surface area contributed by atoms with E-state index in [9.17, 15) is 0 Å². The number of benzene rings is 2. The number of rotatable bonds is 6. The van der Waals surface area contributed by atoms with Gasteiger partial charge in [0.15, 0.2) is 0 Å². The third-order valence-corrected chi connectivity index (χ3v) is 6.15. The van der Waals surface area contributed by atoms with Crippen LogP contribution in [0.4, 0.5) is 5.82 Å². The first-order chi connectivity index (χ1) is 14.1. The summed E-state index contributed by atoms with van der Waals surface area (Å²) >= 11 is 12.1. The Balaban J connectivity index is 1.52. The van der Waals surface area contributed by atoms with Crippen LogP contribution in [0.2, 0.25) is 10.0 Å². The van der Waals surface area contributed by atoms with Gasteiger partial charge in [-0.15, -0.1) is 0 Å². The molecule has 2 aromatic carbocycles. The van der Waals surface area contributed by atoms with Crippen molar-refractivity contribution >= 4 is 29.0 Å². The Kier molecular flexibility index (Phi) is 6.39. The summed E-state index contributed by atoms with van der Waals surface area (Å²) in [4.78, 5) is 9.27. The summed E-state index contributed by atoms with van der Waals surface area (Å²) in [7, 11) is 2.11. The molecule has 0 N–H and O–H groups in total. The molecule has 2 atom stereocenters. The van der Waals surface area contributed by atoms with Gasteiger partial charge in [0.25, 0.3) is 0 Å². The van der Waals surface area contributed by atoms with Crippen molar-refractivity contribution < 1.29 is 0 Å². The van der Waals surface area contributed by atoms with Gasteiger partial charge in [-0.1, -0.05) is 65.7 Å². The Hall–Kier alpha value is -2.07. The molecule has 1 fully saturated rings. The lowest BCUT2D eigenvalue weighted by Gasteiger charge is -2.26. The van der Waals surface area contributed by atoms with Gasteiger partial charge in [0.05, 0.1) is 5.02 Å². The van der Waals surface area contributed by atoms with Crippen LogP contribution in [0, 0.1) is 5.92 Å². The normalized spacial score (nSPS) is 19.4. The summed E-state index contributed by atoms with van der Waals surface area (Å²) in [5.41, 5.74) is 2.71. The molecular formula is C24H25Cl2N3. The summed E-state index contributed by atoms with van der Waals surface area (Å²) in [5.74, 6) is 1.92. The van der Waals surface area contributed by atoms with E-state index in [-0.39, 0.29) is 0 Å². The predicted octanol–water partition coefficient (Wildman–Crippen LogP) is 5.74. The summed E-state index contributed by atoms with van der Waals surface area (Å²) in [5, 5.41) is 1.45. The molecule has 1 aromatic heterocycles. The number of hydrogen-bond donors (Lipinski definition) is 0. The molecule has 0 bridgehead atoms. The fourth-order valence-electron chi connectivity index (χ4n) is 4.24. The Morgan fingerprint density at radius 2 is 1.66 bits per heavy atom. The van der Waals surface area contributed by atoms with Crippen molar-refractivity contribution in [1.29, 1.82) is 0 Å². The minimum absolute atomic E-state index is 0.464. The Morgan fingerprint density at radius 3 is 2.34 bits per heavy atom. The predicted molar refractivity (Wildman–Crippen MR) is 122 cm³/mol. The molecule has 1 aliphatic rings. The van der Waals surface area contributed by atoms with Crippen molar-refractivity contribution in [3.63, 3.8) is 0 Å². The fraction of sp³-hybridized carbons (Fsp3) is 0.292. The van der Waals surface area contributed by atoms with Gasteiger partial charge >= 0.3 is 0 Å². The Morgan fingerprint density at radius 1 is 0.931 bits per heavy atom. The van der Waals surface area contributed by atoms with Crippen LogP contribution in [-0.4, -0.2) is 36.6 Å². The maximum atomic E-state index is 6.13. The van der Waals surface area contributed by atoms with Gasteiger partial charge in [-0.05, 0) is 41.3 Å². The number of halogens is 2. The van der Waals surface area contributed by atoms with Crippen LogP contribution in [0.5, 0.6) is 0 Å². The molecule has 5 heteroatoms. The zero-order valence-corrected chi connectivity index (χ0v) is 18.0. The maximum absolute atomic E-state index is 6.13. The highest BCUT2D eigenvalue weighted by molar-refractivity contribution is 6.30. The molecule has 0 spiro atoms. The number of nitrogens with zero attached hydrogens (tertiary/aromatic N) is 3. The fourth-order valence-corrected chi connectivity index (χ4v) is 4.48. The van der Waals surface area contributed by atoms with Crippen LogP contribution >= 0.6 is 23.2 Å². The first-order valence-corrected chi connectivity index (χ1v) is 10.7. The van der Waals surface area contributed by atoms with Crippen molar-refractivity contribution in [1.82, 2.24) is 9.88 Å². The van der Waals surface area contributed by atoms with E-state index in [1.807, 2.05) is 24.3 Å². The number of likely N-dealkylation sites (tertiary alicyclic amines) is 1. The molecule has 150 valence electrons. The Bertz CT molecular complexity index is 913. The zero-order chi connectivity index (χ0) is 20.2. The lowest BCUT2D eigenvalue weighted by atomic mass is 9.88. The molecule has 2 heterocycles. The van der Waals surface area contributed by atoms with E-state index in [4.69, 9.17) is 23.2 Å². The average Bonchev–Trinajstić information content (AvgIpc) is 3.11. The van der Waals surface area contributed by atoms with E-state index in [2.05, 4.69) is 64.3 Å². The monoisotopic (exact) mass is 425 g/mol. The first kappa shape index (κ1) is 20.2. The highest BCUT2D eigenvalue weighted by atomic mass is 35.5. The minimum Gasteiger partial charge on any atom is -0.359 e. The topological polar surface area (TPSA) is 19.4 Å². The van der Waals surface area contributed by atoms with Gasteiger partial charge in [0.1, 0.15) is 5.82 Å². The van der Waals surface area contributed by atoms with E-state index in [1.165, 1.54) is 11.1 Å². The lowest BCUT2D eigenvalue weighted by molar-refractivity contribution is 0.316. The molecular weight excluding hydrogens is 401 g/mol. The zero-order valence-electron chi connectivity index (χ0n) is 16.5. The van der Waals surface area contributed by atoms with Crippen LogP contribution in [-0.2, 0) is 6.54 Å². The van der Waals surface area contributed by atoms with Crippen LogP contribution in [0.25, 0.3) is 0 Å². The molecule has 0 saturated carbocycles. The van der Waals surface area contributed by atoms with Crippen LogP contribution in [0.3, 0.4) is 0 Å².